The van der Waals surface area contributed by atoms with Gasteiger partial charge in [0.05, 0.1) is 23.7 Å². The number of fused-ring (bicyclic) bond motifs is 1. The number of ether oxygens (including phenoxy) is 1. The lowest BCUT2D eigenvalue weighted by Crippen LogP contribution is -2.79. The van der Waals surface area contributed by atoms with Crippen LogP contribution in [-0.4, -0.2) is 32.2 Å². The molecule has 1 aliphatic heterocycles. The molecular formula is C24H20Cl2FN3O3. The molecule has 2 bridgehead atoms. The first-order chi connectivity index (χ1) is 15.8. The van der Waals surface area contributed by atoms with Crippen LogP contribution in [0.4, 0.5) is 4.39 Å². The number of aliphatic hydroxyl groups is 1. The van der Waals surface area contributed by atoms with Gasteiger partial charge >= 0.3 is 0 Å². The number of aliphatic hydroxyl groups excluding tert-OH is 1. The summed E-state index contributed by atoms with van der Waals surface area (Å²) in [4.78, 5) is 17.3. The lowest BCUT2D eigenvalue weighted by atomic mass is 9.44. The number of hydrogen-bond donors (Lipinski definition) is 2. The molecule has 3 aliphatic carbocycles. The fraction of sp³-hybridized carbons (Fsp3) is 0.333. The summed E-state index contributed by atoms with van der Waals surface area (Å²) in [6.45, 7) is 0. The quantitative estimate of drug-likeness (QED) is 0.562. The number of amides is 1. The Labute approximate surface area is 199 Å². The molecule has 3 aromatic rings. The number of benzene rings is 2. The fourth-order valence-corrected chi connectivity index (χ4v) is 5.82. The van der Waals surface area contributed by atoms with Crippen LogP contribution in [0.3, 0.4) is 0 Å². The van der Waals surface area contributed by atoms with E-state index in [0.29, 0.717) is 32.6 Å². The van der Waals surface area contributed by atoms with E-state index in [1.807, 2.05) is 10.8 Å². The summed E-state index contributed by atoms with van der Waals surface area (Å²) >= 11 is 11.8. The molecule has 2 aromatic carbocycles. The van der Waals surface area contributed by atoms with E-state index < -0.39 is 18.0 Å². The summed E-state index contributed by atoms with van der Waals surface area (Å²) in [5, 5.41) is 14.4. The highest BCUT2D eigenvalue weighted by Crippen LogP contribution is 2.65. The van der Waals surface area contributed by atoms with E-state index in [1.54, 1.807) is 36.7 Å². The number of carbonyl (C=O) groups is 1. The minimum Gasteiger partial charge on any atom is -0.480 e. The molecule has 9 heteroatoms. The number of imidazole rings is 1. The molecule has 1 amide bonds. The van der Waals surface area contributed by atoms with Gasteiger partial charge in [0.1, 0.15) is 11.6 Å². The molecule has 0 spiro atoms. The van der Waals surface area contributed by atoms with Crippen LogP contribution in [0.25, 0.3) is 11.3 Å². The third kappa shape index (κ3) is 3.33. The second kappa shape index (κ2) is 7.19. The summed E-state index contributed by atoms with van der Waals surface area (Å²) in [5.41, 5.74) is 1.17. The number of nitrogens with one attached hydrogen (secondary N) is 1. The summed E-state index contributed by atoms with van der Waals surface area (Å²) in [5.74, 6) is -0.155. The summed E-state index contributed by atoms with van der Waals surface area (Å²) in [7, 11) is 0. The number of halogens is 3. The molecule has 170 valence electrons. The second-order valence-electron chi connectivity index (χ2n) is 9.35. The van der Waals surface area contributed by atoms with Crippen LogP contribution in [-0.2, 0) is 10.3 Å². The lowest BCUT2D eigenvalue weighted by Gasteiger charge is -2.70. The number of carbonyl (C=O) groups excluding carboxylic acids is 1. The van der Waals surface area contributed by atoms with Gasteiger partial charge in [-0.3, -0.25) is 4.79 Å². The van der Waals surface area contributed by atoms with Gasteiger partial charge in [0.2, 0.25) is 0 Å². The maximum Gasteiger partial charge on any atom is 0.261 e. The van der Waals surface area contributed by atoms with Gasteiger partial charge in [-0.15, -0.1) is 0 Å². The van der Waals surface area contributed by atoms with Gasteiger partial charge in [-0.1, -0.05) is 23.2 Å². The van der Waals surface area contributed by atoms with E-state index >= 15 is 0 Å². The Morgan fingerprint density at radius 1 is 1.18 bits per heavy atom. The second-order valence-corrected chi connectivity index (χ2v) is 10.2. The molecule has 3 fully saturated rings. The van der Waals surface area contributed by atoms with Gasteiger partial charge < -0.3 is 19.7 Å². The third-order valence-electron chi connectivity index (χ3n) is 7.06. The van der Waals surface area contributed by atoms with Crippen LogP contribution in [0, 0.1) is 5.82 Å². The van der Waals surface area contributed by atoms with Crippen molar-refractivity contribution >= 4 is 29.1 Å². The smallest absolute Gasteiger partial charge is 0.261 e. The Morgan fingerprint density at radius 2 is 1.91 bits per heavy atom. The molecule has 2 atom stereocenters. The Kier molecular flexibility index (Phi) is 4.57. The molecular weight excluding hydrogens is 468 g/mol. The predicted molar refractivity (Wildman–Crippen MR) is 121 cm³/mol. The fourth-order valence-electron chi connectivity index (χ4n) is 5.48. The molecule has 1 aromatic heterocycles. The molecule has 33 heavy (non-hydrogen) atoms. The molecule has 0 saturated heterocycles. The lowest BCUT2D eigenvalue weighted by molar-refractivity contribution is -0.161. The standard InChI is InChI=1S/C24H20Cl2FN3O3/c25-13-2-4-20-16(5-13)19(31)7-21(33-20)22(32)29-23-9-24(10-23,11-23)30-8-18(28-12-30)15-3-1-14(26)6-17(15)27/h1-6,8,12,19,21,31H,7,9-11H2,(H,29,32)/t19-,21-,23?,24?/m1/s1. The van der Waals surface area contributed by atoms with Gasteiger partial charge in [0.15, 0.2) is 6.10 Å². The Morgan fingerprint density at radius 3 is 2.67 bits per heavy atom. The van der Waals surface area contributed by atoms with Crippen molar-refractivity contribution in [2.75, 3.05) is 0 Å². The molecule has 4 aliphatic rings. The van der Waals surface area contributed by atoms with Crippen LogP contribution in [0.15, 0.2) is 48.9 Å². The molecule has 6 nitrogen and oxygen atoms in total. The van der Waals surface area contributed by atoms with E-state index in [4.69, 9.17) is 27.9 Å². The van der Waals surface area contributed by atoms with Crippen molar-refractivity contribution < 1.29 is 19.0 Å². The highest BCUT2D eigenvalue weighted by molar-refractivity contribution is 6.31. The van der Waals surface area contributed by atoms with E-state index in [-0.39, 0.29) is 23.4 Å². The van der Waals surface area contributed by atoms with Crippen molar-refractivity contribution in [3.05, 3.63) is 70.3 Å². The van der Waals surface area contributed by atoms with Crippen molar-refractivity contribution in [1.29, 1.82) is 0 Å². The van der Waals surface area contributed by atoms with Crippen LogP contribution in [0.5, 0.6) is 5.75 Å². The van der Waals surface area contributed by atoms with Crippen molar-refractivity contribution in [1.82, 2.24) is 14.9 Å². The molecule has 2 heterocycles. The monoisotopic (exact) mass is 487 g/mol. The highest BCUT2D eigenvalue weighted by atomic mass is 35.5. The van der Waals surface area contributed by atoms with Gasteiger partial charge in [-0.05, 0) is 55.7 Å². The average molecular weight is 488 g/mol. The summed E-state index contributed by atoms with van der Waals surface area (Å²) in [6, 6.07) is 9.55. The van der Waals surface area contributed by atoms with Crippen LogP contribution < -0.4 is 10.1 Å². The molecule has 0 radical (unpaired) electrons. The number of nitrogens with zero attached hydrogens (tertiary/aromatic N) is 2. The zero-order chi connectivity index (χ0) is 23.0. The topological polar surface area (TPSA) is 76.4 Å². The summed E-state index contributed by atoms with van der Waals surface area (Å²) in [6.07, 6.45) is 4.49. The maximum atomic E-state index is 14.3. The van der Waals surface area contributed by atoms with Crippen LogP contribution >= 0.6 is 23.2 Å². The first kappa shape index (κ1) is 21.0. The molecule has 0 unspecified atom stereocenters. The van der Waals surface area contributed by atoms with E-state index in [1.165, 1.54) is 6.07 Å². The SMILES string of the molecule is O=C(NC12CC(n3cnc(-c4ccc(Cl)cc4F)c3)(C1)C2)[C@H]1C[C@@H](O)c2cc(Cl)ccc2O1. The number of rotatable bonds is 4. The molecule has 7 rings (SSSR count). The van der Waals surface area contributed by atoms with Gasteiger partial charge in [-0.2, -0.15) is 0 Å². The largest absolute Gasteiger partial charge is 0.480 e. The van der Waals surface area contributed by atoms with E-state index in [2.05, 4.69) is 10.3 Å². The van der Waals surface area contributed by atoms with Crippen molar-refractivity contribution in [2.45, 2.75) is 49.0 Å². The third-order valence-corrected chi connectivity index (χ3v) is 7.53. The molecule has 2 N–H and O–H groups in total. The van der Waals surface area contributed by atoms with E-state index in [9.17, 15) is 14.3 Å². The van der Waals surface area contributed by atoms with Gasteiger partial charge in [0.25, 0.3) is 5.91 Å². The minimum atomic E-state index is -0.805. The number of aromatic nitrogens is 2. The van der Waals surface area contributed by atoms with Gasteiger partial charge in [0, 0.05) is 39.3 Å². The molecule has 3 saturated carbocycles. The number of hydrogen-bond acceptors (Lipinski definition) is 4. The maximum absolute atomic E-state index is 14.3. The van der Waals surface area contributed by atoms with Crippen LogP contribution in [0.1, 0.15) is 37.4 Å². The highest BCUT2D eigenvalue weighted by Gasteiger charge is 2.70. The average Bonchev–Trinajstić information content (AvgIpc) is 3.19. The minimum absolute atomic E-state index is 0.113. The van der Waals surface area contributed by atoms with E-state index in [0.717, 1.165) is 19.3 Å². The van der Waals surface area contributed by atoms with Crippen LogP contribution in [0.2, 0.25) is 10.0 Å². The normalized spacial score (nSPS) is 29.3. The Bertz CT molecular complexity index is 1270. The summed E-state index contributed by atoms with van der Waals surface area (Å²) < 4.78 is 22.1. The Balaban J connectivity index is 1.11. The first-order valence-electron chi connectivity index (χ1n) is 10.7. The van der Waals surface area contributed by atoms with Gasteiger partial charge in [-0.25, -0.2) is 9.37 Å². The first-order valence-corrected chi connectivity index (χ1v) is 11.5. The van der Waals surface area contributed by atoms with Crippen molar-refractivity contribution in [2.24, 2.45) is 0 Å². The van der Waals surface area contributed by atoms with Crippen molar-refractivity contribution in [3.8, 4) is 17.0 Å². The van der Waals surface area contributed by atoms with Crippen molar-refractivity contribution in [3.63, 3.8) is 0 Å². The zero-order valence-electron chi connectivity index (χ0n) is 17.4. The predicted octanol–water partition coefficient (Wildman–Crippen LogP) is 4.63. The zero-order valence-corrected chi connectivity index (χ0v) is 18.9. The Hall–Kier alpha value is -2.61.